The molecule has 172 valence electrons. The van der Waals surface area contributed by atoms with Crippen LogP contribution in [0.3, 0.4) is 0 Å². The van der Waals surface area contributed by atoms with Crippen molar-refractivity contribution in [3.05, 3.63) is 28.8 Å². The summed E-state index contributed by atoms with van der Waals surface area (Å²) in [5, 5.41) is 3.01. The van der Waals surface area contributed by atoms with Gasteiger partial charge in [-0.15, -0.1) is 0 Å². The fourth-order valence-corrected chi connectivity index (χ4v) is 4.44. The monoisotopic (exact) mass is 461 g/mol. The largest absolute Gasteiger partial charge is 0.497 e. The predicted molar refractivity (Wildman–Crippen MR) is 121 cm³/mol. The van der Waals surface area contributed by atoms with Crippen LogP contribution in [0.25, 0.3) is 0 Å². The molecule has 0 bridgehead atoms. The van der Waals surface area contributed by atoms with Gasteiger partial charge < -0.3 is 26.3 Å². The van der Waals surface area contributed by atoms with Crippen molar-refractivity contribution in [1.82, 2.24) is 9.69 Å². The first-order valence-electron chi connectivity index (χ1n) is 10.2. The number of benzene rings is 1. The van der Waals surface area contributed by atoms with E-state index in [-0.39, 0.29) is 34.8 Å². The third-order valence-corrected chi connectivity index (χ3v) is 6.20. The first-order chi connectivity index (χ1) is 15.3. The van der Waals surface area contributed by atoms with E-state index >= 15 is 0 Å². The van der Waals surface area contributed by atoms with Gasteiger partial charge in [-0.2, -0.15) is 4.37 Å². The van der Waals surface area contributed by atoms with Crippen molar-refractivity contribution in [2.45, 2.75) is 38.1 Å². The van der Waals surface area contributed by atoms with Crippen molar-refractivity contribution in [2.75, 3.05) is 31.4 Å². The molecule has 1 saturated carbocycles. The molecular formula is C21H27N5O5S. The van der Waals surface area contributed by atoms with Crippen LogP contribution >= 0.6 is 11.5 Å². The Bertz CT molecular complexity index is 1000. The topological polar surface area (TPSA) is 150 Å². The lowest BCUT2D eigenvalue weighted by atomic mass is 9.95. The molecule has 1 aliphatic rings. The molecule has 32 heavy (non-hydrogen) atoms. The molecule has 0 aliphatic heterocycles. The van der Waals surface area contributed by atoms with Crippen molar-refractivity contribution in [3.8, 4) is 11.5 Å². The summed E-state index contributed by atoms with van der Waals surface area (Å²) in [7, 11) is 2.97. The molecule has 1 fully saturated rings. The SMILES string of the molecule is COc1ccc(N(CC(=O)NC2CCCCC2)C(=O)c2snc(C(N)=O)c2N)c(OC)c1. The highest BCUT2D eigenvalue weighted by atomic mass is 32.1. The van der Waals surface area contributed by atoms with Crippen LogP contribution in [-0.2, 0) is 4.79 Å². The number of hydrogen-bond donors (Lipinski definition) is 3. The second-order valence-electron chi connectivity index (χ2n) is 7.47. The Morgan fingerprint density at radius 1 is 1.19 bits per heavy atom. The highest BCUT2D eigenvalue weighted by Crippen LogP contribution is 2.34. The molecule has 1 aromatic carbocycles. The molecule has 3 rings (SSSR count). The summed E-state index contributed by atoms with van der Waals surface area (Å²) in [6.07, 6.45) is 5.11. The maximum Gasteiger partial charge on any atom is 0.272 e. The zero-order chi connectivity index (χ0) is 23.3. The number of rotatable bonds is 8. The third kappa shape index (κ3) is 5.10. The van der Waals surface area contributed by atoms with Gasteiger partial charge in [0.1, 0.15) is 22.9 Å². The number of aromatic nitrogens is 1. The smallest absolute Gasteiger partial charge is 0.272 e. The van der Waals surface area contributed by atoms with Crippen LogP contribution in [0.5, 0.6) is 11.5 Å². The molecule has 0 saturated heterocycles. The first-order valence-corrected chi connectivity index (χ1v) is 11.0. The fourth-order valence-electron chi connectivity index (χ4n) is 3.69. The number of nitrogens with one attached hydrogen (secondary N) is 1. The molecular weight excluding hydrogens is 434 g/mol. The van der Waals surface area contributed by atoms with Gasteiger partial charge in [0, 0.05) is 12.1 Å². The second-order valence-corrected chi connectivity index (χ2v) is 8.24. The predicted octanol–water partition coefficient (Wildman–Crippen LogP) is 1.94. The van der Waals surface area contributed by atoms with Crippen LogP contribution in [0.4, 0.5) is 11.4 Å². The molecule has 10 nitrogen and oxygen atoms in total. The number of nitrogen functional groups attached to an aromatic ring is 1. The summed E-state index contributed by atoms with van der Waals surface area (Å²) >= 11 is 0.755. The lowest BCUT2D eigenvalue weighted by Crippen LogP contribution is -2.45. The molecule has 1 aromatic heterocycles. The van der Waals surface area contributed by atoms with Gasteiger partial charge in [-0.05, 0) is 36.5 Å². The van der Waals surface area contributed by atoms with Crippen molar-refractivity contribution >= 4 is 40.6 Å². The summed E-state index contributed by atoms with van der Waals surface area (Å²) < 4.78 is 14.6. The second kappa shape index (κ2) is 10.3. The van der Waals surface area contributed by atoms with Crippen molar-refractivity contribution < 1.29 is 23.9 Å². The van der Waals surface area contributed by atoms with Crippen molar-refractivity contribution in [1.29, 1.82) is 0 Å². The molecule has 1 heterocycles. The van der Waals surface area contributed by atoms with Crippen LogP contribution in [0, 0.1) is 0 Å². The Kier molecular flexibility index (Phi) is 7.52. The molecule has 11 heteroatoms. The maximum atomic E-state index is 13.4. The third-order valence-electron chi connectivity index (χ3n) is 5.35. The van der Waals surface area contributed by atoms with E-state index in [4.69, 9.17) is 20.9 Å². The number of methoxy groups -OCH3 is 2. The van der Waals surface area contributed by atoms with E-state index in [9.17, 15) is 14.4 Å². The van der Waals surface area contributed by atoms with Crippen LogP contribution in [0.15, 0.2) is 18.2 Å². The highest BCUT2D eigenvalue weighted by molar-refractivity contribution is 7.09. The van der Waals surface area contributed by atoms with Gasteiger partial charge in [0.25, 0.3) is 11.8 Å². The number of primary amides is 1. The molecule has 3 amide bonds. The fraction of sp³-hybridized carbons (Fsp3) is 0.429. The van der Waals surface area contributed by atoms with E-state index < -0.39 is 11.8 Å². The summed E-state index contributed by atoms with van der Waals surface area (Å²) in [6.45, 7) is -0.263. The molecule has 0 radical (unpaired) electrons. The van der Waals surface area contributed by atoms with Gasteiger partial charge in [-0.25, -0.2) is 0 Å². The van der Waals surface area contributed by atoms with E-state index in [2.05, 4.69) is 9.69 Å². The average Bonchev–Trinajstić information content (AvgIpc) is 3.18. The lowest BCUT2D eigenvalue weighted by molar-refractivity contribution is -0.120. The van der Waals surface area contributed by atoms with Gasteiger partial charge in [0.2, 0.25) is 5.91 Å². The summed E-state index contributed by atoms with van der Waals surface area (Å²) in [5.74, 6) is -0.864. The van der Waals surface area contributed by atoms with Gasteiger partial charge >= 0.3 is 0 Å². The Hall–Kier alpha value is -3.34. The number of nitrogens with two attached hydrogens (primary N) is 2. The Morgan fingerprint density at radius 2 is 1.91 bits per heavy atom. The lowest BCUT2D eigenvalue weighted by Gasteiger charge is -2.27. The van der Waals surface area contributed by atoms with E-state index in [1.807, 2.05) is 0 Å². The number of amides is 3. The molecule has 0 unspecified atom stereocenters. The number of nitrogens with zero attached hydrogens (tertiary/aromatic N) is 2. The molecule has 0 atom stereocenters. The number of carbonyl (C=O) groups is 3. The maximum absolute atomic E-state index is 13.4. The quantitative estimate of drug-likeness (QED) is 0.543. The Balaban J connectivity index is 1.94. The summed E-state index contributed by atoms with van der Waals surface area (Å²) in [6, 6.07) is 4.97. The zero-order valence-electron chi connectivity index (χ0n) is 18.1. The minimum atomic E-state index is -0.832. The number of anilines is 2. The number of ether oxygens (including phenoxy) is 2. The zero-order valence-corrected chi connectivity index (χ0v) is 18.9. The number of carbonyl (C=O) groups excluding carboxylic acids is 3. The number of hydrogen-bond acceptors (Lipinski definition) is 8. The van der Waals surface area contributed by atoms with E-state index in [1.165, 1.54) is 19.1 Å². The summed E-state index contributed by atoms with van der Waals surface area (Å²) in [4.78, 5) is 39.1. The minimum Gasteiger partial charge on any atom is -0.497 e. The van der Waals surface area contributed by atoms with Crippen molar-refractivity contribution in [2.24, 2.45) is 5.73 Å². The molecule has 1 aliphatic carbocycles. The van der Waals surface area contributed by atoms with E-state index in [0.717, 1.165) is 43.6 Å². The van der Waals surface area contributed by atoms with E-state index in [0.29, 0.717) is 17.2 Å². The van der Waals surface area contributed by atoms with Crippen LogP contribution < -0.4 is 31.2 Å². The molecule has 0 spiro atoms. The van der Waals surface area contributed by atoms with Crippen LogP contribution in [-0.4, -0.2) is 48.9 Å². The van der Waals surface area contributed by atoms with E-state index in [1.54, 1.807) is 18.2 Å². The van der Waals surface area contributed by atoms with Gasteiger partial charge in [0.05, 0.1) is 25.6 Å². The van der Waals surface area contributed by atoms with Gasteiger partial charge in [0.15, 0.2) is 5.69 Å². The van der Waals surface area contributed by atoms with Gasteiger partial charge in [-0.3, -0.25) is 19.3 Å². The van der Waals surface area contributed by atoms with Gasteiger partial charge in [-0.1, -0.05) is 19.3 Å². The standard InChI is InChI=1S/C21H27N5O5S/c1-30-13-8-9-14(15(10-13)31-2)26(11-16(27)24-12-6-4-3-5-7-12)21(29)19-17(22)18(20(23)28)25-32-19/h8-10,12H,3-7,11,22H2,1-2H3,(H2,23,28)(H,24,27). The molecule has 2 aromatic rings. The average molecular weight is 462 g/mol. The van der Waals surface area contributed by atoms with Crippen molar-refractivity contribution in [3.63, 3.8) is 0 Å². The molecule has 5 N–H and O–H groups in total. The Morgan fingerprint density at radius 3 is 2.50 bits per heavy atom. The van der Waals surface area contributed by atoms with Crippen LogP contribution in [0.1, 0.15) is 52.3 Å². The normalized spacial score (nSPS) is 13.9. The minimum absolute atomic E-state index is 0.0159. The summed E-state index contributed by atoms with van der Waals surface area (Å²) in [5.41, 5.74) is 11.3. The highest BCUT2D eigenvalue weighted by Gasteiger charge is 2.30. The Labute approximate surface area is 190 Å². The van der Waals surface area contributed by atoms with Crippen LogP contribution in [0.2, 0.25) is 0 Å². The first kappa shape index (κ1) is 23.3.